The maximum absolute atomic E-state index is 13.5. The van der Waals surface area contributed by atoms with E-state index in [-0.39, 0.29) is 17.5 Å². The van der Waals surface area contributed by atoms with Gasteiger partial charge in [-0.1, -0.05) is 31.0 Å². The highest BCUT2D eigenvalue weighted by Gasteiger charge is 2.46. The Morgan fingerprint density at radius 3 is 2.26 bits per heavy atom. The summed E-state index contributed by atoms with van der Waals surface area (Å²) in [5.74, 6) is -0.385. The zero-order chi connectivity index (χ0) is 22.1. The third kappa shape index (κ3) is 4.13. The lowest BCUT2D eigenvalue weighted by atomic mass is 9.76. The van der Waals surface area contributed by atoms with E-state index in [0.29, 0.717) is 44.6 Å². The standard InChI is InChI=1S/C22H23F3N4O2/c23-22(24,25)17-5-3-4-16(14-17)21(6-1-2-7-21)20(31)29-12-10-28(11-13-29)19(30)18-15-26-8-9-27-18/h3-5,8-9,14-15H,1-2,6-7,10-13H2. The summed E-state index contributed by atoms with van der Waals surface area (Å²) in [6.07, 6.45) is 2.55. The first-order chi connectivity index (χ1) is 14.8. The third-order valence-corrected chi connectivity index (χ3v) is 6.25. The molecule has 1 saturated heterocycles. The molecule has 31 heavy (non-hydrogen) atoms. The van der Waals surface area contributed by atoms with Gasteiger partial charge in [0.15, 0.2) is 0 Å². The zero-order valence-corrected chi connectivity index (χ0v) is 16.9. The van der Waals surface area contributed by atoms with Gasteiger partial charge >= 0.3 is 6.18 Å². The number of alkyl halides is 3. The molecule has 6 nitrogen and oxygen atoms in total. The van der Waals surface area contributed by atoms with Crippen molar-refractivity contribution < 1.29 is 22.8 Å². The molecule has 1 saturated carbocycles. The molecule has 1 aromatic heterocycles. The molecule has 1 aliphatic carbocycles. The van der Waals surface area contributed by atoms with Gasteiger partial charge in [-0.05, 0) is 24.5 Å². The highest BCUT2D eigenvalue weighted by molar-refractivity contribution is 5.92. The summed E-state index contributed by atoms with van der Waals surface area (Å²) in [4.78, 5) is 37.4. The van der Waals surface area contributed by atoms with Crippen molar-refractivity contribution >= 4 is 11.8 Å². The molecule has 0 atom stereocenters. The molecule has 9 heteroatoms. The van der Waals surface area contributed by atoms with Crippen LogP contribution >= 0.6 is 0 Å². The molecule has 164 valence electrons. The number of aromatic nitrogens is 2. The monoisotopic (exact) mass is 432 g/mol. The van der Waals surface area contributed by atoms with Crippen molar-refractivity contribution in [3.05, 3.63) is 59.7 Å². The number of hydrogen-bond acceptors (Lipinski definition) is 4. The molecule has 0 bridgehead atoms. The lowest BCUT2D eigenvalue weighted by Gasteiger charge is -2.40. The summed E-state index contributed by atoms with van der Waals surface area (Å²) in [5.41, 5.74) is -0.983. The van der Waals surface area contributed by atoms with E-state index in [4.69, 9.17) is 0 Å². The quantitative estimate of drug-likeness (QED) is 0.747. The Morgan fingerprint density at radius 2 is 1.65 bits per heavy atom. The van der Waals surface area contributed by atoms with E-state index in [1.165, 1.54) is 24.7 Å². The second-order valence-electron chi connectivity index (χ2n) is 8.04. The lowest BCUT2D eigenvalue weighted by molar-refractivity contribution is -0.140. The van der Waals surface area contributed by atoms with Crippen LogP contribution < -0.4 is 0 Å². The van der Waals surface area contributed by atoms with E-state index < -0.39 is 17.2 Å². The predicted octanol–water partition coefficient (Wildman–Crippen LogP) is 3.29. The van der Waals surface area contributed by atoms with Crippen LogP contribution in [0.1, 0.15) is 47.3 Å². The molecule has 1 aliphatic heterocycles. The largest absolute Gasteiger partial charge is 0.416 e. The van der Waals surface area contributed by atoms with Crippen LogP contribution in [0, 0.1) is 0 Å². The van der Waals surface area contributed by atoms with E-state index in [0.717, 1.165) is 25.0 Å². The van der Waals surface area contributed by atoms with Gasteiger partial charge in [-0.15, -0.1) is 0 Å². The maximum Gasteiger partial charge on any atom is 0.416 e. The maximum atomic E-state index is 13.5. The Labute approximate surface area is 178 Å². The van der Waals surface area contributed by atoms with Gasteiger partial charge in [0.1, 0.15) is 5.69 Å². The number of carbonyl (C=O) groups is 2. The third-order valence-electron chi connectivity index (χ3n) is 6.25. The highest BCUT2D eigenvalue weighted by atomic mass is 19.4. The van der Waals surface area contributed by atoms with Crippen LogP contribution in [0.5, 0.6) is 0 Å². The van der Waals surface area contributed by atoms with Gasteiger partial charge in [0.2, 0.25) is 5.91 Å². The van der Waals surface area contributed by atoms with Gasteiger partial charge in [0.25, 0.3) is 5.91 Å². The molecule has 1 aromatic carbocycles. The van der Waals surface area contributed by atoms with Crippen molar-refractivity contribution in [3.63, 3.8) is 0 Å². The second-order valence-corrected chi connectivity index (χ2v) is 8.04. The van der Waals surface area contributed by atoms with Gasteiger partial charge in [-0.2, -0.15) is 13.2 Å². The predicted molar refractivity (Wildman–Crippen MR) is 106 cm³/mol. The molecule has 0 spiro atoms. The Hall–Kier alpha value is -2.97. The van der Waals surface area contributed by atoms with Crippen LogP contribution in [-0.4, -0.2) is 57.8 Å². The van der Waals surface area contributed by atoms with Crippen molar-refractivity contribution in [2.24, 2.45) is 0 Å². The van der Waals surface area contributed by atoms with Crippen LogP contribution in [-0.2, 0) is 16.4 Å². The van der Waals surface area contributed by atoms with Crippen molar-refractivity contribution in [1.29, 1.82) is 0 Å². The minimum absolute atomic E-state index is 0.143. The van der Waals surface area contributed by atoms with E-state index in [9.17, 15) is 22.8 Å². The van der Waals surface area contributed by atoms with Gasteiger partial charge in [-0.3, -0.25) is 14.6 Å². The molecule has 0 N–H and O–H groups in total. The Balaban J connectivity index is 1.51. The second kappa shape index (κ2) is 8.28. The molecule has 2 aliphatic rings. The number of piperazine rings is 1. The number of rotatable bonds is 3. The van der Waals surface area contributed by atoms with E-state index in [2.05, 4.69) is 9.97 Å². The van der Waals surface area contributed by atoms with E-state index in [1.807, 2.05) is 0 Å². The molecule has 0 radical (unpaired) electrons. The lowest BCUT2D eigenvalue weighted by Crippen LogP contribution is -2.55. The fourth-order valence-electron chi connectivity index (χ4n) is 4.58. The molecular weight excluding hydrogens is 409 g/mol. The van der Waals surface area contributed by atoms with Gasteiger partial charge in [0.05, 0.1) is 17.2 Å². The average molecular weight is 432 g/mol. The Morgan fingerprint density at radius 1 is 0.968 bits per heavy atom. The van der Waals surface area contributed by atoms with Gasteiger partial charge < -0.3 is 9.80 Å². The summed E-state index contributed by atoms with van der Waals surface area (Å²) >= 11 is 0. The molecular formula is C22H23F3N4O2. The van der Waals surface area contributed by atoms with Crippen LogP contribution in [0.3, 0.4) is 0 Å². The van der Waals surface area contributed by atoms with Crippen molar-refractivity contribution in [2.75, 3.05) is 26.2 Å². The van der Waals surface area contributed by atoms with Crippen LogP contribution in [0.15, 0.2) is 42.9 Å². The smallest absolute Gasteiger partial charge is 0.338 e. The topological polar surface area (TPSA) is 66.4 Å². The fourth-order valence-corrected chi connectivity index (χ4v) is 4.58. The normalized spacial score (nSPS) is 18.8. The number of carbonyl (C=O) groups excluding carboxylic acids is 2. The molecule has 0 unspecified atom stereocenters. The number of nitrogens with zero attached hydrogens (tertiary/aromatic N) is 4. The van der Waals surface area contributed by atoms with Crippen LogP contribution in [0.25, 0.3) is 0 Å². The first kappa shape index (κ1) is 21.3. The van der Waals surface area contributed by atoms with Gasteiger partial charge in [-0.25, -0.2) is 4.98 Å². The van der Waals surface area contributed by atoms with Crippen molar-refractivity contribution in [3.8, 4) is 0 Å². The molecule has 4 rings (SSSR count). The number of amides is 2. The van der Waals surface area contributed by atoms with Crippen molar-refractivity contribution in [1.82, 2.24) is 19.8 Å². The first-order valence-electron chi connectivity index (χ1n) is 10.3. The SMILES string of the molecule is O=C(c1cnccn1)N1CCN(C(=O)C2(c3cccc(C(F)(F)F)c3)CCCC2)CC1. The Kier molecular flexibility index (Phi) is 5.68. The highest BCUT2D eigenvalue weighted by Crippen LogP contribution is 2.44. The van der Waals surface area contributed by atoms with Crippen molar-refractivity contribution in [2.45, 2.75) is 37.3 Å². The summed E-state index contributed by atoms with van der Waals surface area (Å²) in [7, 11) is 0. The first-order valence-corrected chi connectivity index (χ1v) is 10.3. The average Bonchev–Trinajstić information content (AvgIpc) is 3.30. The molecule has 2 fully saturated rings. The fraction of sp³-hybridized carbons (Fsp3) is 0.455. The minimum atomic E-state index is -4.45. The molecule has 2 amide bonds. The Bertz CT molecular complexity index is 951. The summed E-state index contributed by atoms with van der Waals surface area (Å²) in [5, 5.41) is 0. The minimum Gasteiger partial charge on any atom is -0.338 e. The van der Waals surface area contributed by atoms with E-state index >= 15 is 0 Å². The van der Waals surface area contributed by atoms with Crippen LogP contribution in [0.2, 0.25) is 0 Å². The number of hydrogen-bond donors (Lipinski definition) is 0. The summed E-state index contributed by atoms with van der Waals surface area (Å²) in [6.45, 7) is 1.37. The van der Waals surface area contributed by atoms with E-state index in [1.54, 1.807) is 15.9 Å². The zero-order valence-electron chi connectivity index (χ0n) is 16.9. The van der Waals surface area contributed by atoms with Crippen LogP contribution in [0.4, 0.5) is 13.2 Å². The summed E-state index contributed by atoms with van der Waals surface area (Å²) < 4.78 is 39.8. The number of benzene rings is 1. The molecule has 2 aromatic rings. The number of halogens is 3. The summed E-state index contributed by atoms with van der Waals surface area (Å²) in [6, 6.07) is 5.17. The molecule has 2 heterocycles. The van der Waals surface area contributed by atoms with Gasteiger partial charge in [0, 0.05) is 38.6 Å².